The highest BCUT2D eigenvalue weighted by Gasteiger charge is 2.16. The lowest BCUT2D eigenvalue weighted by atomic mass is 10.3. The van der Waals surface area contributed by atoms with Crippen LogP contribution in [0.5, 0.6) is 0 Å². The van der Waals surface area contributed by atoms with Gasteiger partial charge in [-0.25, -0.2) is 9.78 Å². The summed E-state index contributed by atoms with van der Waals surface area (Å²) >= 11 is 5.70. The normalized spacial score (nSPS) is 10.1. The summed E-state index contributed by atoms with van der Waals surface area (Å²) in [4.78, 5) is 14.9. The van der Waals surface area contributed by atoms with Gasteiger partial charge >= 0.3 is 11.9 Å². The third-order valence-corrected chi connectivity index (χ3v) is 1.97. The molecule has 2 aromatic rings. The Balaban J connectivity index is 2.35. The quantitative estimate of drug-likeness (QED) is 0.585. The third kappa shape index (κ3) is 2.01. The molecule has 0 spiro atoms. The number of carbonyl (C=O) groups excluding carboxylic acids is 1. The Hall–Kier alpha value is -1.95. The van der Waals surface area contributed by atoms with Crippen LogP contribution in [0.15, 0.2) is 22.7 Å². The topological polar surface area (TPSA) is 78.1 Å². The molecule has 0 amide bonds. The van der Waals surface area contributed by atoms with Crippen molar-refractivity contribution in [3.8, 4) is 11.5 Å². The van der Waals surface area contributed by atoms with Gasteiger partial charge < -0.3 is 9.15 Å². The maximum atomic E-state index is 11.1. The van der Waals surface area contributed by atoms with E-state index in [1.54, 1.807) is 12.1 Å². The number of nitrogens with zero attached hydrogens (tertiary/aromatic N) is 3. The van der Waals surface area contributed by atoms with Gasteiger partial charge in [-0.15, -0.1) is 10.2 Å². The van der Waals surface area contributed by atoms with E-state index in [9.17, 15) is 4.79 Å². The molecule has 0 saturated carbocycles. The van der Waals surface area contributed by atoms with Crippen molar-refractivity contribution in [2.45, 2.75) is 0 Å². The summed E-state index contributed by atoms with van der Waals surface area (Å²) < 4.78 is 9.53. The predicted octanol–water partition coefficient (Wildman–Crippen LogP) is 1.57. The fraction of sp³-hybridized carbons (Fsp3) is 0.111. The Morgan fingerprint density at radius 1 is 1.50 bits per heavy atom. The number of rotatable bonds is 2. The van der Waals surface area contributed by atoms with Crippen LogP contribution in [0.4, 0.5) is 0 Å². The molecule has 0 aliphatic rings. The van der Waals surface area contributed by atoms with Crippen LogP contribution in [0.25, 0.3) is 11.5 Å². The molecule has 7 heteroatoms. The van der Waals surface area contributed by atoms with E-state index < -0.39 is 5.97 Å². The number of esters is 1. The predicted molar refractivity (Wildman–Crippen MR) is 53.9 cm³/mol. The van der Waals surface area contributed by atoms with E-state index in [0.717, 1.165) is 0 Å². The molecule has 6 nitrogen and oxygen atoms in total. The van der Waals surface area contributed by atoms with Gasteiger partial charge in [-0.3, -0.25) is 0 Å². The standard InChI is InChI=1S/C9H6ClN3O3/c1-15-9(14)8-13-12-7(16-8)5-2-3-11-6(10)4-5/h2-4H,1H3. The fourth-order valence-electron chi connectivity index (χ4n) is 1.05. The minimum Gasteiger partial charge on any atom is -0.462 e. The van der Waals surface area contributed by atoms with Crippen LogP contribution in [0.1, 0.15) is 10.7 Å². The molecule has 0 radical (unpaired) electrons. The smallest absolute Gasteiger partial charge is 0.396 e. The maximum absolute atomic E-state index is 11.1. The van der Waals surface area contributed by atoms with Crippen molar-refractivity contribution in [3.63, 3.8) is 0 Å². The summed E-state index contributed by atoms with van der Waals surface area (Å²) in [6, 6.07) is 3.19. The lowest BCUT2D eigenvalue weighted by molar-refractivity contribution is 0.0556. The number of methoxy groups -OCH3 is 1. The van der Waals surface area contributed by atoms with E-state index in [1.165, 1.54) is 13.3 Å². The highest BCUT2D eigenvalue weighted by molar-refractivity contribution is 6.29. The van der Waals surface area contributed by atoms with Crippen LogP contribution in [-0.2, 0) is 4.74 Å². The zero-order valence-electron chi connectivity index (χ0n) is 8.18. The van der Waals surface area contributed by atoms with Crippen molar-refractivity contribution in [2.24, 2.45) is 0 Å². The van der Waals surface area contributed by atoms with Crippen LogP contribution in [0.3, 0.4) is 0 Å². The Morgan fingerprint density at radius 3 is 3.00 bits per heavy atom. The number of aromatic nitrogens is 3. The van der Waals surface area contributed by atoms with Crippen LogP contribution >= 0.6 is 11.6 Å². The van der Waals surface area contributed by atoms with E-state index in [-0.39, 0.29) is 11.8 Å². The van der Waals surface area contributed by atoms with Gasteiger partial charge in [0, 0.05) is 11.8 Å². The zero-order chi connectivity index (χ0) is 11.5. The first-order valence-electron chi connectivity index (χ1n) is 4.24. The van der Waals surface area contributed by atoms with Gasteiger partial charge in [0.25, 0.3) is 0 Å². The van der Waals surface area contributed by atoms with Crippen molar-refractivity contribution in [3.05, 3.63) is 29.4 Å². The van der Waals surface area contributed by atoms with Gasteiger partial charge in [-0.2, -0.15) is 0 Å². The molecular weight excluding hydrogens is 234 g/mol. The van der Waals surface area contributed by atoms with Gasteiger partial charge in [-0.1, -0.05) is 11.6 Å². The molecule has 0 unspecified atom stereocenters. The van der Waals surface area contributed by atoms with Crippen molar-refractivity contribution in [2.75, 3.05) is 7.11 Å². The average molecular weight is 240 g/mol. The lowest BCUT2D eigenvalue weighted by Gasteiger charge is -1.94. The average Bonchev–Trinajstić information content (AvgIpc) is 2.77. The van der Waals surface area contributed by atoms with Crippen LogP contribution < -0.4 is 0 Å². The summed E-state index contributed by atoms with van der Waals surface area (Å²) in [5.74, 6) is -0.700. The highest BCUT2D eigenvalue weighted by Crippen LogP contribution is 2.19. The summed E-state index contributed by atoms with van der Waals surface area (Å²) in [5, 5.41) is 7.53. The van der Waals surface area contributed by atoms with Crippen molar-refractivity contribution < 1.29 is 13.9 Å². The summed E-state index contributed by atoms with van der Waals surface area (Å²) in [6.45, 7) is 0. The summed E-state index contributed by atoms with van der Waals surface area (Å²) in [6.07, 6.45) is 1.50. The van der Waals surface area contributed by atoms with E-state index in [4.69, 9.17) is 16.0 Å². The molecule has 82 valence electrons. The number of hydrogen-bond donors (Lipinski definition) is 0. The molecule has 0 saturated heterocycles. The van der Waals surface area contributed by atoms with Gasteiger partial charge in [0.2, 0.25) is 5.89 Å². The molecular formula is C9H6ClN3O3. The molecule has 0 bridgehead atoms. The van der Waals surface area contributed by atoms with Crippen molar-refractivity contribution in [1.82, 2.24) is 15.2 Å². The molecule has 0 aliphatic carbocycles. The molecule has 0 aliphatic heterocycles. The molecule has 0 atom stereocenters. The Bertz CT molecular complexity index is 526. The minimum absolute atomic E-state index is 0.185. The molecule has 2 heterocycles. The molecule has 0 N–H and O–H groups in total. The minimum atomic E-state index is -0.682. The SMILES string of the molecule is COC(=O)c1nnc(-c2ccnc(Cl)c2)o1. The molecule has 0 aromatic carbocycles. The second-order valence-corrected chi connectivity index (χ2v) is 3.16. The van der Waals surface area contributed by atoms with Gasteiger partial charge in [-0.05, 0) is 12.1 Å². The second kappa shape index (κ2) is 4.28. The van der Waals surface area contributed by atoms with E-state index in [0.29, 0.717) is 10.7 Å². The van der Waals surface area contributed by atoms with E-state index in [2.05, 4.69) is 19.9 Å². The van der Waals surface area contributed by atoms with Crippen LogP contribution in [-0.4, -0.2) is 28.3 Å². The molecule has 16 heavy (non-hydrogen) atoms. The van der Waals surface area contributed by atoms with Gasteiger partial charge in [0.05, 0.1) is 7.11 Å². The third-order valence-electron chi connectivity index (χ3n) is 1.76. The Labute approximate surface area is 95.2 Å². The van der Waals surface area contributed by atoms with Crippen molar-refractivity contribution >= 4 is 17.6 Å². The second-order valence-electron chi connectivity index (χ2n) is 2.77. The molecule has 2 rings (SSSR count). The Kier molecular flexibility index (Phi) is 2.82. The fourth-order valence-corrected chi connectivity index (χ4v) is 1.22. The first-order chi connectivity index (χ1) is 7.70. The van der Waals surface area contributed by atoms with E-state index in [1.807, 2.05) is 0 Å². The largest absolute Gasteiger partial charge is 0.462 e. The van der Waals surface area contributed by atoms with E-state index >= 15 is 0 Å². The number of ether oxygens (including phenoxy) is 1. The maximum Gasteiger partial charge on any atom is 0.396 e. The molecule has 2 aromatic heterocycles. The van der Waals surface area contributed by atoms with Gasteiger partial charge in [0.1, 0.15) is 5.15 Å². The van der Waals surface area contributed by atoms with Crippen molar-refractivity contribution in [1.29, 1.82) is 0 Å². The number of carbonyl (C=O) groups is 1. The first kappa shape index (κ1) is 10.6. The highest BCUT2D eigenvalue weighted by atomic mass is 35.5. The number of hydrogen-bond acceptors (Lipinski definition) is 6. The molecule has 0 fully saturated rings. The monoisotopic (exact) mass is 239 g/mol. The first-order valence-corrected chi connectivity index (χ1v) is 4.62. The zero-order valence-corrected chi connectivity index (χ0v) is 8.93. The van der Waals surface area contributed by atoms with Crippen LogP contribution in [0.2, 0.25) is 5.15 Å². The van der Waals surface area contributed by atoms with Gasteiger partial charge in [0.15, 0.2) is 0 Å². The number of pyridine rings is 1. The Morgan fingerprint density at radius 2 is 2.31 bits per heavy atom. The van der Waals surface area contributed by atoms with Crippen LogP contribution in [0, 0.1) is 0 Å². The summed E-state index contributed by atoms with van der Waals surface area (Å²) in [7, 11) is 1.23. The summed E-state index contributed by atoms with van der Waals surface area (Å²) in [5.41, 5.74) is 0.586. The number of halogens is 1. The lowest BCUT2D eigenvalue weighted by Crippen LogP contribution is -2.00.